The molecule has 0 saturated carbocycles. The Bertz CT molecular complexity index is 1110. The maximum absolute atomic E-state index is 13.2. The van der Waals surface area contributed by atoms with Gasteiger partial charge in [0.2, 0.25) is 0 Å². The maximum atomic E-state index is 13.2. The quantitative estimate of drug-likeness (QED) is 0.482. The molecule has 1 N–H and O–H groups in total. The van der Waals surface area contributed by atoms with Gasteiger partial charge in [-0.3, -0.25) is 14.5 Å². The predicted octanol–water partition coefficient (Wildman–Crippen LogP) is 4.08. The van der Waals surface area contributed by atoms with Gasteiger partial charge in [0.05, 0.1) is 6.54 Å². The van der Waals surface area contributed by atoms with E-state index >= 15 is 0 Å². The molecule has 2 heterocycles. The van der Waals surface area contributed by atoms with Crippen LogP contribution in [0.4, 0.5) is 5.69 Å². The van der Waals surface area contributed by atoms with Crippen LogP contribution in [0.25, 0.3) is 0 Å². The number of aryl methyl sites for hydroxylation is 2. The Morgan fingerprint density at radius 1 is 0.867 bits per heavy atom. The molecule has 4 rings (SSSR count). The monoisotopic (exact) mass is 416 g/mol. The highest BCUT2D eigenvalue weighted by Gasteiger charge is 2.39. The van der Waals surface area contributed by atoms with Gasteiger partial charge >= 0.3 is 0 Å². The fourth-order valence-electron chi connectivity index (χ4n) is 3.16. The summed E-state index contributed by atoms with van der Waals surface area (Å²) >= 11 is 1.12. The second-order valence-electron chi connectivity index (χ2n) is 6.91. The van der Waals surface area contributed by atoms with E-state index in [9.17, 15) is 9.59 Å². The van der Waals surface area contributed by atoms with Crippen LogP contribution in [0, 0.1) is 13.8 Å². The fraction of sp³-hybridized carbons (Fsp3) is 0.130. The van der Waals surface area contributed by atoms with E-state index in [1.54, 1.807) is 0 Å². The minimum absolute atomic E-state index is 0.205. The zero-order valence-electron chi connectivity index (χ0n) is 16.6. The lowest BCUT2D eigenvalue weighted by Crippen LogP contribution is -2.31. The lowest BCUT2D eigenvalue weighted by molar-refractivity contribution is -0.137. The number of rotatable bonds is 6. The first-order valence-electron chi connectivity index (χ1n) is 9.48. The van der Waals surface area contributed by atoms with Crippen molar-refractivity contribution in [1.29, 1.82) is 0 Å². The maximum Gasteiger partial charge on any atom is 0.278 e. The summed E-state index contributed by atoms with van der Waals surface area (Å²) < 4.78 is 0. The van der Waals surface area contributed by atoms with Crippen molar-refractivity contribution in [2.24, 2.45) is 0 Å². The average Bonchev–Trinajstić information content (AvgIpc) is 2.93. The normalized spacial score (nSPS) is 13.9. The van der Waals surface area contributed by atoms with E-state index in [1.807, 2.05) is 80.6 Å². The first-order valence-corrected chi connectivity index (χ1v) is 10.3. The summed E-state index contributed by atoms with van der Waals surface area (Å²) in [4.78, 5) is 36.8. The molecule has 0 spiro atoms. The number of hydrogen-bond donors (Lipinski definition) is 1. The van der Waals surface area contributed by atoms with Crippen LogP contribution in [-0.4, -0.2) is 26.7 Å². The molecule has 1 aromatic heterocycles. The van der Waals surface area contributed by atoms with Crippen molar-refractivity contribution in [1.82, 2.24) is 14.9 Å². The first kappa shape index (κ1) is 19.8. The van der Waals surface area contributed by atoms with Gasteiger partial charge < -0.3 is 5.32 Å². The Morgan fingerprint density at radius 2 is 1.47 bits per heavy atom. The molecule has 0 atom stereocenters. The van der Waals surface area contributed by atoms with Gasteiger partial charge in [-0.2, -0.15) is 0 Å². The number of carbonyl (C=O) groups excluding carboxylic acids is 2. The number of nitrogens with zero attached hydrogens (tertiary/aromatic N) is 3. The molecule has 1 aliphatic heterocycles. The molecule has 30 heavy (non-hydrogen) atoms. The topological polar surface area (TPSA) is 75.2 Å². The number of hydrogen-bond acceptors (Lipinski definition) is 6. The number of para-hydroxylation sites is 1. The molecule has 2 aromatic carbocycles. The van der Waals surface area contributed by atoms with E-state index in [1.165, 1.54) is 4.90 Å². The summed E-state index contributed by atoms with van der Waals surface area (Å²) in [6.07, 6.45) is 0. The Labute approximate surface area is 179 Å². The predicted molar refractivity (Wildman–Crippen MR) is 116 cm³/mol. The van der Waals surface area contributed by atoms with Gasteiger partial charge in [-0.25, -0.2) is 9.97 Å². The van der Waals surface area contributed by atoms with E-state index in [4.69, 9.17) is 0 Å². The van der Waals surface area contributed by atoms with Crippen LogP contribution in [-0.2, 0) is 16.1 Å². The van der Waals surface area contributed by atoms with Crippen LogP contribution in [0.15, 0.2) is 82.5 Å². The highest BCUT2D eigenvalue weighted by atomic mass is 32.2. The Balaban J connectivity index is 1.69. The summed E-state index contributed by atoms with van der Waals surface area (Å²) in [5, 5.41) is 3.57. The van der Waals surface area contributed by atoms with Crippen LogP contribution >= 0.6 is 11.8 Å². The number of anilines is 1. The van der Waals surface area contributed by atoms with E-state index < -0.39 is 0 Å². The van der Waals surface area contributed by atoms with Gasteiger partial charge in [-0.15, -0.1) is 0 Å². The van der Waals surface area contributed by atoms with Crippen LogP contribution < -0.4 is 5.32 Å². The van der Waals surface area contributed by atoms with E-state index in [-0.39, 0.29) is 24.1 Å². The summed E-state index contributed by atoms with van der Waals surface area (Å²) in [7, 11) is 0. The third kappa shape index (κ3) is 4.26. The van der Waals surface area contributed by atoms with Gasteiger partial charge in [-0.05, 0) is 49.4 Å². The van der Waals surface area contributed by atoms with Crippen molar-refractivity contribution in [3.63, 3.8) is 0 Å². The Kier molecular flexibility index (Phi) is 5.63. The van der Waals surface area contributed by atoms with Crippen LogP contribution in [0.2, 0.25) is 0 Å². The number of nitrogens with one attached hydrogen (secondary N) is 1. The smallest absolute Gasteiger partial charge is 0.278 e. The molecule has 0 bridgehead atoms. The van der Waals surface area contributed by atoms with Crippen molar-refractivity contribution in [2.45, 2.75) is 25.5 Å². The summed E-state index contributed by atoms with van der Waals surface area (Å²) in [5.74, 6) is -0.713. The molecule has 0 radical (unpaired) electrons. The van der Waals surface area contributed by atoms with Crippen LogP contribution in [0.3, 0.4) is 0 Å². The molecular formula is C23H20N4O2S. The minimum atomic E-state index is -0.361. The lowest BCUT2D eigenvalue weighted by Gasteiger charge is -2.15. The molecule has 1 aliphatic rings. The highest BCUT2D eigenvalue weighted by Crippen LogP contribution is 2.35. The molecule has 6 nitrogen and oxygen atoms in total. The SMILES string of the molecule is Cc1cc(C)nc(SC2=C(Nc3ccccc3)C(=O)N(Cc3ccccc3)C2=O)n1. The molecule has 0 saturated heterocycles. The molecular weight excluding hydrogens is 396 g/mol. The number of amides is 2. The van der Waals surface area contributed by atoms with Gasteiger partial charge in [0.1, 0.15) is 10.6 Å². The lowest BCUT2D eigenvalue weighted by atomic mass is 10.2. The third-order valence-electron chi connectivity index (χ3n) is 4.51. The summed E-state index contributed by atoms with van der Waals surface area (Å²) in [6, 6.07) is 20.6. The number of carbonyl (C=O) groups is 2. The summed E-state index contributed by atoms with van der Waals surface area (Å²) in [6.45, 7) is 3.95. The van der Waals surface area contributed by atoms with Gasteiger partial charge in [0, 0.05) is 17.1 Å². The highest BCUT2D eigenvalue weighted by molar-refractivity contribution is 8.04. The second kappa shape index (κ2) is 8.51. The second-order valence-corrected chi connectivity index (χ2v) is 7.89. The zero-order valence-corrected chi connectivity index (χ0v) is 17.4. The van der Waals surface area contributed by atoms with Crippen molar-refractivity contribution < 1.29 is 9.59 Å². The third-order valence-corrected chi connectivity index (χ3v) is 5.46. The van der Waals surface area contributed by atoms with Gasteiger partial charge in [0.25, 0.3) is 11.8 Å². The standard InChI is InChI=1S/C23H20N4O2S/c1-15-13-16(2)25-23(24-15)30-20-19(26-18-11-7-4-8-12-18)21(28)27(22(20)29)14-17-9-5-3-6-10-17/h3-13,26H,14H2,1-2H3. The van der Waals surface area contributed by atoms with E-state index in [0.717, 1.165) is 34.4 Å². The van der Waals surface area contributed by atoms with Crippen molar-refractivity contribution in [3.05, 3.63) is 94.3 Å². The Morgan fingerprint density at radius 3 is 2.10 bits per heavy atom. The molecule has 7 heteroatoms. The van der Waals surface area contributed by atoms with Crippen molar-refractivity contribution in [3.8, 4) is 0 Å². The van der Waals surface area contributed by atoms with Gasteiger partial charge in [-0.1, -0.05) is 48.5 Å². The molecule has 3 aromatic rings. The summed E-state index contributed by atoms with van der Waals surface area (Å²) in [5.41, 5.74) is 3.47. The van der Waals surface area contributed by atoms with Crippen molar-refractivity contribution >= 4 is 29.3 Å². The first-order chi connectivity index (χ1) is 14.5. The van der Waals surface area contributed by atoms with E-state index in [0.29, 0.717) is 10.1 Å². The number of aromatic nitrogens is 2. The number of thioether (sulfide) groups is 1. The largest absolute Gasteiger partial charge is 0.350 e. The molecule has 0 unspecified atom stereocenters. The Hall–Kier alpha value is -3.45. The van der Waals surface area contributed by atoms with Crippen LogP contribution in [0.5, 0.6) is 0 Å². The number of benzene rings is 2. The van der Waals surface area contributed by atoms with Gasteiger partial charge in [0.15, 0.2) is 5.16 Å². The molecule has 0 aliphatic carbocycles. The molecule has 0 fully saturated rings. The fourth-order valence-corrected chi connectivity index (χ4v) is 4.16. The average molecular weight is 417 g/mol. The minimum Gasteiger partial charge on any atom is -0.350 e. The molecule has 2 amide bonds. The zero-order chi connectivity index (χ0) is 21.1. The number of imide groups is 1. The van der Waals surface area contributed by atoms with Crippen molar-refractivity contribution in [2.75, 3.05) is 5.32 Å². The molecule has 150 valence electrons. The van der Waals surface area contributed by atoms with Crippen LogP contribution in [0.1, 0.15) is 17.0 Å². The van der Waals surface area contributed by atoms with E-state index in [2.05, 4.69) is 15.3 Å².